The van der Waals surface area contributed by atoms with Gasteiger partial charge in [-0.15, -0.1) is 10.2 Å². The lowest BCUT2D eigenvalue weighted by Crippen LogP contribution is -2.21. The Hall–Kier alpha value is -1.55. The second-order valence-electron chi connectivity index (χ2n) is 2.53. The summed E-state index contributed by atoms with van der Waals surface area (Å²) in [6.45, 7) is 0. The van der Waals surface area contributed by atoms with Crippen molar-refractivity contribution in [2.24, 2.45) is 15.4 Å². The molecule has 0 aromatic heterocycles. The molecule has 0 amide bonds. The molecule has 1 aromatic carbocycles. The van der Waals surface area contributed by atoms with Crippen molar-refractivity contribution in [3.8, 4) is 0 Å². The van der Waals surface area contributed by atoms with Crippen LogP contribution in [0.25, 0.3) is 0 Å². The molecule has 4 nitrogen and oxygen atoms in total. The first-order valence-electron chi connectivity index (χ1n) is 3.55. The van der Waals surface area contributed by atoms with Gasteiger partial charge in [-0.25, -0.2) is 0 Å². The zero-order valence-electron chi connectivity index (χ0n) is 6.25. The lowest BCUT2D eigenvalue weighted by atomic mass is 10.1. The summed E-state index contributed by atoms with van der Waals surface area (Å²) >= 11 is 0. The molecule has 1 aliphatic rings. The lowest BCUT2D eigenvalue weighted by Gasteiger charge is -2.12. The van der Waals surface area contributed by atoms with Crippen LogP contribution in [0.15, 0.2) is 45.8 Å². The van der Waals surface area contributed by atoms with E-state index in [4.69, 9.17) is 0 Å². The van der Waals surface area contributed by atoms with Crippen molar-refractivity contribution in [3.05, 3.63) is 35.9 Å². The number of benzene rings is 1. The van der Waals surface area contributed by atoms with Crippen molar-refractivity contribution >= 4 is 6.21 Å². The Morgan fingerprint density at radius 3 is 2.50 bits per heavy atom. The largest absolute Gasteiger partial charge is 0.360 e. The topological polar surface area (TPSA) is 57.3 Å². The highest BCUT2D eigenvalue weighted by Gasteiger charge is 2.29. The van der Waals surface area contributed by atoms with Crippen LogP contribution < -0.4 is 0 Å². The van der Waals surface area contributed by atoms with Crippen LogP contribution in [0.4, 0.5) is 0 Å². The Labute approximate surface area is 69.3 Å². The Bertz CT molecular complexity index is 319. The molecule has 0 fully saturated rings. The first kappa shape index (κ1) is 7.12. The Morgan fingerprint density at radius 2 is 1.92 bits per heavy atom. The monoisotopic (exact) mass is 161 g/mol. The number of hydrogen-bond acceptors (Lipinski definition) is 4. The average molecular weight is 161 g/mol. The second kappa shape index (κ2) is 2.49. The standard InChI is InChI=1S/C8H7N3O/c12-8(6-9-11-10-8)7-4-2-1-3-5-7/h1-6,12H. The molecule has 12 heavy (non-hydrogen) atoms. The van der Waals surface area contributed by atoms with Crippen molar-refractivity contribution in [1.29, 1.82) is 0 Å². The molecule has 0 saturated carbocycles. The molecular weight excluding hydrogens is 154 g/mol. The number of hydrogen-bond donors (Lipinski definition) is 1. The molecule has 1 atom stereocenters. The van der Waals surface area contributed by atoms with E-state index >= 15 is 0 Å². The predicted octanol–water partition coefficient (Wildman–Crippen LogP) is 1.28. The molecule has 1 unspecified atom stereocenters. The van der Waals surface area contributed by atoms with Crippen LogP contribution in [-0.4, -0.2) is 11.3 Å². The molecule has 1 aromatic rings. The van der Waals surface area contributed by atoms with Gasteiger partial charge in [-0.05, 0) is 5.22 Å². The highest BCUT2D eigenvalue weighted by molar-refractivity contribution is 5.71. The van der Waals surface area contributed by atoms with Crippen LogP contribution in [0, 0.1) is 0 Å². The van der Waals surface area contributed by atoms with Gasteiger partial charge in [0.05, 0.1) is 6.21 Å². The fourth-order valence-electron chi connectivity index (χ4n) is 1.04. The highest BCUT2D eigenvalue weighted by Crippen LogP contribution is 2.23. The molecule has 1 heterocycles. The Morgan fingerprint density at radius 1 is 1.17 bits per heavy atom. The van der Waals surface area contributed by atoms with Gasteiger partial charge in [-0.3, -0.25) is 0 Å². The fourth-order valence-corrected chi connectivity index (χ4v) is 1.04. The van der Waals surface area contributed by atoms with Gasteiger partial charge in [0.1, 0.15) is 0 Å². The summed E-state index contributed by atoms with van der Waals surface area (Å²) in [6, 6.07) is 9.08. The van der Waals surface area contributed by atoms with Gasteiger partial charge >= 0.3 is 0 Å². The number of nitrogens with zero attached hydrogens (tertiary/aromatic N) is 3. The number of rotatable bonds is 1. The molecule has 1 N–H and O–H groups in total. The quantitative estimate of drug-likeness (QED) is 0.662. The van der Waals surface area contributed by atoms with Crippen LogP contribution in [0.1, 0.15) is 5.56 Å². The second-order valence-corrected chi connectivity index (χ2v) is 2.53. The molecule has 0 saturated heterocycles. The summed E-state index contributed by atoms with van der Waals surface area (Å²) < 4.78 is 0. The van der Waals surface area contributed by atoms with E-state index in [1.807, 2.05) is 18.2 Å². The van der Waals surface area contributed by atoms with E-state index in [-0.39, 0.29) is 0 Å². The van der Waals surface area contributed by atoms with Crippen molar-refractivity contribution in [3.63, 3.8) is 0 Å². The Balaban J connectivity index is 2.43. The molecule has 0 spiro atoms. The Kier molecular flexibility index (Phi) is 1.48. The minimum absolute atomic E-state index is 0.676. The summed E-state index contributed by atoms with van der Waals surface area (Å²) in [5.41, 5.74) is -0.670. The summed E-state index contributed by atoms with van der Waals surface area (Å²) in [5, 5.41) is 20.2. The van der Waals surface area contributed by atoms with E-state index in [1.54, 1.807) is 12.1 Å². The van der Waals surface area contributed by atoms with Gasteiger partial charge in [0.25, 0.3) is 0 Å². The molecule has 60 valence electrons. The maximum atomic E-state index is 9.75. The minimum atomic E-state index is -1.35. The average Bonchev–Trinajstić information content (AvgIpc) is 2.55. The molecule has 0 radical (unpaired) electrons. The molecule has 4 heteroatoms. The predicted molar refractivity (Wildman–Crippen MR) is 43.7 cm³/mol. The normalized spacial score (nSPS) is 26.4. The van der Waals surface area contributed by atoms with E-state index in [2.05, 4.69) is 15.4 Å². The van der Waals surface area contributed by atoms with E-state index in [0.717, 1.165) is 0 Å². The smallest absolute Gasteiger partial charge is 0.242 e. The lowest BCUT2D eigenvalue weighted by molar-refractivity contribution is 0.125. The van der Waals surface area contributed by atoms with Gasteiger partial charge in [0.2, 0.25) is 5.72 Å². The number of aliphatic hydroxyl groups is 1. The SMILES string of the molecule is OC1(c2ccccc2)C=NN=N1. The van der Waals surface area contributed by atoms with Crippen LogP contribution in [0.2, 0.25) is 0 Å². The third-order valence-corrected chi connectivity index (χ3v) is 1.69. The highest BCUT2D eigenvalue weighted by atomic mass is 16.3. The van der Waals surface area contributed by atoms with Crippen LogP contribution in [-0.2, 0) is 5.72 Å². The van der Waals surface area contributed by atoms with Crippen molar-refractivity contribution < 1.29 is 5.11 Å². The van der Waals surface area contributed by atoms with Gasteiger partial charge < -0.3 is 5.11 Å². The maximum absolute atomic E-state index is 9.75. The fraction of sp³-hybridized carbons (Fsp3) is 0.125. The molecule has 0 bridgehead atoms. The minimum Gasteiger partial charge on any atom is -0.360 e. The third-order valence-electron chi connectivity index (χ3n) is 1.69. The third kappa shape index (κ3) is 1.02. The molecule has 2 rings (SSSR count). The first-order chi connectivity index (χ1) is 5.81. The van der Waals surface area contributed by atoms with E-state index in [9.17, 15) is 5.11 Å². The van der Waals surface area contributed by atoms with Gasteiger partial charge in [-0.1, -0.05) is 30.3 Å². The van der Waals surface area contributed by atoms with Crippen LogP contribution in [0.3, 0.4) is 0 Å². The summed E-state index contributed by atoms with van der Waals surface area (Å²) in [6.07, 6.45) is 1.31. The summed E-state index contributed by atoms with van der Waals surface area (Å²) in [4.78, 5) is 0. The van der Waals surface area contributed by atoms with Crippen LogP contribution >= 0.6 is 0 Å². The van der Waals surface area contributed by atoms with Gasteiger partial charge in [0, 0.05) is 5.56 Å². The zero-order valence-corrected chi connectivity index (χ0v) is 6.25. The van der Waals surface area contributed by atoms with Gasteiger partial charge in [0.15, 0.2) is 0 Å². The van der Waals surface area contributed by atoms with Gasteiger partial charge in [-0.2, -0.15) is 0 Å². The first-order valence-corrected chi connectivity index (χ1v) is 3.55. The summed E-state index contributed by atoms with van der Waals surface area (Å²) in [7, 11) is 0. The van der Waals surface area contributed by atoms with E-state index in [1.165, 1.54) is 6.21 Å². The zero-order chi connectivity index (χ0) is 8.44. The summed E-state index contributed by atoms with van der Waals surface area (Å²) in [5.74, 6) is 0. The molecule has 0 aliphatic carbocycles. The van der Waals surface area contributed by atoms with Crippen molar-refractivity contribution in [2.45, 2.75) is 5.72 Å². The van der Waals surface area contributed by atoms with E-state index < -0.39 is 5.72 Å². The van der Waals surface area contributed by atoms with Crippen molar-refractivity contribution in [1.82, 2.24) is 0 Å². The van der Waals surface area contributed by atoms with Crippen LogP contribution in [0.5, 0.6) is 0 Å². The molecular formula is C8H7N3O. The van der Waals surface area contributed by atoms with E-state index in [0.29, 0.717) is 5.56 Å². The van der Waals surface area contributed by atoms with Crippen molar-refractivity contribution in [2.75, 3.05) is 0 Å². The maximum Gasteiger partial charge on any atom is 0.242 e. The molecule has 1 aliphatic heterocycles.